The van der Waals surface area contributed by atoms with E-state index >= 15 is 0 Å². The molecule has 1 aromatic carbocycles. The van der Waals surface area contributed by atoms with Gasteiger partial charge in [0.1, 0.15) is 0 Å². The molecule has 82 valence electrons. The number of hydrogen-bond acceptors (Lipinski definition) is 2. The number of rotatable bonds is 3. The molecule has 0 saturated heterocycles. The first kappa shape index (κ1) is 11.9. The minimum Gasteiger partial charge on any atom is -0.331 e. The van der Waals surface area contributed by atoms with Gasteiger partial charge in [-0.05, 0) is 29.8 Å². The summed E-state index contributed by atoms with van der Waals surface area (Å²) in [7, 11) is 1.78. The summed E-state index contributed by atoms with van der Waals surface area (Å²) in [4.78, 5) is 0. The number of thiocarbonyl (C=S) groups is 1. The van der Waals surface area contributed by atoms with Gasteiger partial charge in [-0.1, -0.05) is 32.0 Å². The summed E-state index contributed by atoms with van der Waals surface area (Å²) in [5.41, 5.74) is 7.93. The number of benzene rings is 1. The minimum atomic E-state index is 0.478. The van der Waals surface area contributed by atoms with Crippen molar-refractivity contribution in [3.8, 4) is 0 Å². The van der Waals surface area contributed by atoms with Crippen LogP contribution < -0.4 is 16.2 Å². The molecule has 15 heavy (non-hydrogen) atoms. The topological polar surface area (TPSA) is 36.1 Å². The molecule has 3 nitrogen and oxygen atoms in total. The second-order valence-electron chi connectivity index (χ2n) is 3.57. The van der Waals surface area contributed by atoms with Crippen LogP contribution in [0, 0.1) is 0 Å². The van der Waals surface area contributed by atoms with Crippen molar-refractivity contribution in [2.75, 3.05) is 12.4 Å². The van der Waals surface area contributed by atoms with Gasteiger partial charge in [-0.15, -0.1) is 0 Å². The number of anilines is 1. The quantitative estimate of drug-likeness (QED) is 0.542. The lowest BCUT2D eigenvalue weighted by molar-refractivity contribution is 0.775. The Morgan fingerprint density at radius 2 is 1.93 bits per heavy atom. The molecule has 0 atom stereocenters. The molecule has 0 aliphatic heterocycles. The molecule has 0 amide bonds. The lowest BCUT2D eigenvalue weighted by Gasteiger charge is -2.15. The smallest absolute Gasteiger partial charge is 0.185 e. The van der Waals surface area contributed by atoms with Crippen molar-refractivity contribution >= 4 is 23.0 Å². The van der Waals surface area contributed by atoms with Gasteiger partial charge in [0.2, 0.25) is 0 Å². The molecule has 3 N–H and O–H groups in total. The maximum atomic E-state index is 5.10. The lowest BCUT2D eigenvalue weighted by Crippen LogP contribution is -2.37. The summed E-state index contributed by atoms with van der Waals surface area (Å²) in [5, 5.41) is 3.73. The van der Waals surface area contributed by atoms with Gasteiger partial charge in [-0.25, -0.2) is 5.43 Å². The van der Waals surface area contributed by atoms with Crippen LogP contribution in [0.5, 0.6) is 0 Å². The van der Waals surface area contributed by atoms with Crippen LogP contribution in [0.2, 0.25) is 0 Å². The van der Waals surface area contributed by atoms with E-state index in [1.54, 1.807) is 7.05 Å². The average molecular weight is 223 g/mol. The van der Waals surface area contributed by atoms with Crippen LogP contribution in [-0.2, 0) is 0 Å². The summed E-state index contributed by atoms with van der Waals surface area (Å²) < 4.78 is 0. The van der Waals surface area contributed by atoms with Gasteiger partial charge in [-0.2, -0.15) is 0 Å². The van der Waals surface area contributed by atoms with E-state index in [1.165, 1.54) is 5.56 Å². The zero-order valence-electron chi connectivity index (χ0n) is 9.29. The maximum absolute atomic E-state index is 5.10. The van der Waals surface area contributed by atoms with E-state index in [4.69, 9.17) is 12.2 Å². The Morgan fingerprint density at radius 1 is 1.27 bits per heavy atom. The van der Waals surface area contributed by atoms with Crippen LogP contribution in [0.4, 0.5) is 5.69 Å². The third kappa shape index (κ3) is 3.49. The van der Waals surface area contributed by atoms with Gasteiger partial charge in [0.05, 0.1) is 0 Å². The third-order valence-electron chi connectivity index (χ3n) is 2.07. The van der Waals surface area contributed by atoms with Crippen LogP contribution >= 0.6 is 12.2 Å². The average Bonchev–Trinajstić information content (AvgIpc) is 2.18. The first-order valence-corrected chi connectivity index (χ1v) is 5.38. The van der Waals surface area contributed by atoms with Crippen molar-refractivity contribution in [1.82, 2.24) is 10.9 Å². The van der Waals surface area contributed by atoms with Crippen LogP contribution in [0.1, 0.15) is 25.3 Å². The molecular formula is C11H17N3S. The summed E-state index contributed by atoms with van der Waals surface area (Å²) in [6, 6.07) is 8.17. The normalized spacial score (nSPS) is 10.1. The highest BCUT2D eigenvalue weighted by atomic mass is 32.1. The Hall–Kier alpha value is -1.13. The second-order valence-corrected chi connectivity index (χ2v) is 3.98. The van der Waals surface area contributed by atoms with E-state index in [0.29, 0.717) is 11.0 Å². The number of hydrogen-bond donors (Lipinski definition) is 3. The zero-order chi connectivity index (χ0) is 11.3. The van der Waals surface area contributed by atoms with Gasteiger partial charge in [-0.3, -0.25) is 5.43 Å². The monoisotopic (exact) mass is 223 g/mol. The Balaban J connectivity index is 2.80. The fourth-order valence-electron chi connectivity index (χ4n) is 1.38. The van der Waals surface area contributed by atoms with E-state index in [0.717, 1.165) is 5.69 Å². The SMILES string of the molecule is CNNC(=S)Nc1ccccc1C(C)C. The molecule has 4 heteroatoms. The van der Waals surface area contributed by atoms with Crippen LogP contribution in [0.25, 0.3) is 0 Å². The van der Waals surface area contributed by atoms with E-state index in [1.807, 2.05) is 18.2 Å². The van der Waals surface area contributed by atoms with Crippen molar-refractivity contribution < 1.29 is 0 Å². The summed E-state index contributed by atoms with van der Waals surface area (Å²) in [6.07, 6.45) is 0. The summed E-state index contributed by atoms with van der Waals surface area (Å²) >= 11 is 5.10. The third-order valence-corrected chi connectivity index (χ3v) is 2.27. The van der Waals surface area contributed by atoms with Crippen molar-refractivity contribution in [3.63, 3.8) is 0 Å². The van der Waals surface area contributed by atoms with Gasteiger partial charge >= 0.3 is 0 Å². The maximum Gasteiger partial charge on any atom is 0.185 e. The Morgan fingerprint density at radius 3 is 2.53 bits per heavy atom. The van der Waals surface area contributed by atoms with Crippen molar-refractivity contribution in [1.29, 1.82) is 0 Å². The molecule has 0 heterocycles. The van der Waals surface area contributed by atoms with Crippen LogP contribution in [0.3, 0.4) is 0 Å². The Bertz CT molecular complexity index is 336. The first-order valence-electron chi connectivity index (χ1n) is 4.97. The van der Waals surface area contributed by atoms with Crippen molar-refractivity contribution in [3.05, 3.63) is 29.8 Å². The zero-order valence-corrected chi connectivity index (χ0v) is 10.1. The molecule has 0 fully saturated rings. The second kappa shape index (κ2) is 5.68. The predicted molar refractivity (Wildman–Crippen MR) is 68.9 cm³/mol. The molecule has 0 aliphatic rings. The molecule has 0 unspecified atom stereocenters. The van der Waals surface area contributed by atoms with E-state index < -0.39 is 0 Å². The molecule has 0 aromatic heterocycles. The largest absolute Gasteiger partial charge is 0.331 e. The van der Waals surface area contributed by atoms with E-state index in [-0.39, 0.29) is 0 Å². The molecular weight excluding hydrogens is 206 g/mol. The fraction of sp³-hybridized carbons (Fsp3) is 0.364. The van der Waals surface area contributed by atoms with E-state index in [2.05, 4.69) is 36.1 Å². The molecule has 1 rings (SSSR count). The molecule has 0 spiro atoms. The molecule has 0 saturated carbocycles. The van der Waals surface area contributed by atoms with Gasteiger partial charge in [0.25, 0.3) is 0 Å². The summed E-state index contributed by atoms with van der Waals surface area (Å²) in [6.45, 7) is 4.32. The molecule has 0 radical (unpaired) electrons. The minimum absolute atomic E-state index is 0.478. The number of para-hydroxylation sites is 1. The van der Waals surface area contributed by atoms with Crippen LogP contribution in [-0.4, -0.2) is 12.2 Å². The van der Waals surface area contributed by atoms with Crippen LogP contribution in [0.15, 0.2) is 24.3 Å². The van der Waals surface area contributed by atoms with Gasteiger partial charge in [0, 0.05) is 12.7 Å². The highest BCUT2D eigenvalue weighted by Crippen LogP contribution is 2.23. The fourth-order valence-corrected chi connectivity index (χ4v) is 1.59. The first-order chi connectivity index (χ1) is 7.15. The van der Waals surface area contributed by atoms with E-state index in [9.17, 15) is 0 Å². The number of hydrazine groups is 1. The highest BCUT2D eigenvalue weighted by Gasteiger charge is 2.06. The Labute approximate surface area is 96.2 Å². The number of nitrogens with one attached hydrogen (secondary N) is 3. The highest BCUT2D eigenvalue weighted by molar-refractivity contribution is 7.80. The lowest BCUT2D eigenvalue weighted by atomic mass is 10.0. The summed E-state index contributed by atoms with van der Waals surface area (Å²) in [5.74, 6) is 0.478. The molecule has 0 bridgehead atoms. The standard InChI is InChI=1S/C11H17N3S/c1-8(2)9-6-4-5-7-10(9)13-11(15)14-12-3/h4-8,12H,1-3H3,(H2,13,14,15). The Kier molecular flexibility index (Phi) is 4.52. The van der Waals surface area contributed by atoms with Gasteiger partial charge in [0.15, 0.2) is 5.11 Å². The predicted octanol–water partition coefficient (Wildman–Crippen LogP) is 2.23. The van der Waals surface area contributed by atoms with Crippen molar-refractivity contribution in [2.24, 2.45) is 0 Å². The van der Waals surface area contributed by atoms with Crippen molar-refractivity contribution in [2.45, 2.75) is 19.8 Å². The molecule has 1 aromatic rings. The van der Waals surface area contributed by atoms with Gasteiger partial charge < -0.3 is 5.32 Å². The molecule has 0 aliphatic carbocycles.